The summed E-state index contributed by atoms with van der Waals surface area (Å²) in [6.45, 7) is 1.86. The van der Waals surface area contributed by atoms with Gasteiger partial charge in [0, 0.05) is 23.0 Å². The Labute approximate surface area is 98.1 Å². The number of hydrogen-bond donors (Lipinski definition) is 0. The molecule has 1 aromatic heterocycles. The molecule has 0 saturated carbocycles. The average Bonchev–Trinajstić information content (AvgIpc) is 2.33. The fraction of sp³-hybridized carbons (Fsp3) is 0.0833. The molecule has 0 N–H and O–H groups in total. The van der Waals surface area contributed by atoms with Crippen molar-refractivity contribution in [3.05, 3.63) is 58.6 Å². The van der Waals surface area contributed by atoms with Crippen LogP contribution < -0.4 is 0 Å². The highest BCUT2D eigenvalue weighted by Crippen LogP contribution is 2.17. The lowest BCUT2D eigenvalue weighted by Crippen LogP contribution is -2.04. The maximum Gasteiger partial charge on any atom is 0.212 e. The van der Waals surface area contributed by atoms with Gasteiger partial charge in [-0.15, -0.1) is 0 Å². The molecule has 0 fully saturated rings. The number of hydrogen-bond acceptors (Lipinski definition) is 3. The van der Waals surface area contributed by atoms with Gasteiger partial charge in [0.2, 0.25) is 5.78 Å². The van der Waals surface area contributed by atoms with Gasteiger partial charge in [0.05, 0.1) is 6.20 Å². The van der Waals surface area contributed by atoms with Crippen LogP contribution in [0.25, 0.3) is 0 Å². The molecule has 0 bridgehead atoms. The largest absolute Gasteiger partial charge is 0.287 e. The van der Waals surface area contributed by atoms with E-state index in [1.54, 1.807) is 18.2 Å². The van der Waals surface area contributed by atoms with Crippen molar-refractivity contribution in [1.29, 1.82) is 0 Å². The summed E-state index contributed by atoms with van der Waals surface area (Å²) in [4.78, 5) is 19.8. The van der Waals surface area contributed by atoms with Crippen LogP contribution in [0.4, 0.5) is 0 Å². The molecule has 0 saturated heterocycles. The van der Waals surface area contributed by atoms with Gasteiger partial charge in [-0.1, -0.05) is 11.6 Å². The second-order valence-corrected chi connectivity index (χ2v) is 3.79. The molecule has 4 heteroatoms. The van der Waals surface area contributed by atoms with Crippen molar-refractivity contribution in [2.45, 2.75) is 6.92 Å². The monoisotopic (exact) mass is 232 g/mol. The summed E-state index contributed by atoms with van der Waals surface area (Å²) in [6, 6.07) is 5.15. The Hall–Kier alpha value is -1.74. The standard InChI is InChI=1S/C12H9ClN2O/c1-8-6-9(2-3-10(8)13)12(16)11-7-14-4-5-15-11/h2-7H,1H3. The van der Waals surface area contributed by atoms with Crippen molar-refractivity contribution in [1.82, 2.24) is 9.97 Å². The lowest BCUT2D eigenvalue weighted by atomic mass is 10.1. The zero-order valence-electron chi connectivity index (χ0n) is 8.64. The van der Waals surface area contributed by atoms with E-state index in [9.17, 15) is 4.79 Å². The molecule has 0 aliphatic carbocycles. The third-order valence-corrected chi connectivity index (χ3v) is 2.64. The number of carbonyl (C=O) groups is 1. The summed E-state index contributed by atoms with van der Waals surface area (Å²) in [6.07, 6.45) is 4.48. The molecule has 0 aliphatic rings. The van der Waals surface area contributed by atoms with Crippen LogP contribution >= 0.6 is 11.6 Å². The van der Waals surface area contributed by atoms with Gasteiger partial charge >= 0.3 is 0 Å². The zero-order valence-corrected chi connectivity index (χ0v) is 9.40. The molecule has 0 spiro atoms. The van der Waals surface area contributed by atoms with Gasteiger partial charge in [0.25, 0.3) is 0 Å². The lowest BCUT2D eigenvalue weighted by Gasteiger charge is -2.02. The van der Waals surface area contributed by atoms with E-state index in [0.717, 1.165) is 5.56 Å². The second kappa shape index (κ2) is 4.41. The molecular formula is C12H9ClN2O. The number of benzene rings is 1. The molecule has 1 heterocycles. The fourth-order valence-corrected chi connectivity index (χ4v) is 1.47. The first-order chi connectivity index (χ1) is 7.68. The number of aryl methyl sites for hydroxylation is 1. The summed E-state index contributed by atoms with van der Waals surface area (Å²) in [7, 11) is 0. The van der Waals surface area contributed by atoms with Crippen LogP contribution in [-0.4, -0.2) is 15.8 Å². The quantitative estimate of drug-likeness (QED) is 0.748. The van der Waals surface area contributed by atoms with Crippen LogP contribution in [0, 0.1) is 6.92 Å². The van der Waals surface area contributed by atoms with Gasteiger partial charge in [0.1, 0.15) is 5.69 Å². The zero-order chi connectivity index (χ0) is 11.5. The Morgan fingerprint density at radius 2 is 2.12 bits per heavy atom. The predicted octanol–water partition coefficient (Wildman–Crippen LogP) is 2.67. The highest BCUT2D eigenvalue weighted by molar-refractivity contribution is 6.31. The van der Waals surface area contributed by atoms with Gasteiger partial charge < -0.3 is 0 Å². The first-order valence-electron chi connectivity index (χ1n) is 4.75. The molecule has 0 atom stereocenters. The topological polar surface area (TPSA) is 42.9 Å². The normalized spacial score (nSPS) is 10.1. The van der Waals surface area contributed by atoms with Gasteiger partial charge in [-0.25, -0.2) is 4.98 Å². The molecule has 0 amide bonds. The molecule has 2 rings (SSSR count). The van der Waals surface area contributed by atoms with Crippen LogP contribution in [0.15, 0.2) is 36.8 Å². The smallest absolute Gasteiger partial charge is 0.212 e. The molecule has 0 aliphatic heterocycles. The Kier molecular flexibility index (Phi) is 2.97. The predicted molar refractivity (Wildman–Crippen MR) is 61.7 cm³/mol. The van der Waals surface area contributed by atoms with Gasteiger partial charge in [-0.2, -0.15) is 0 Å². The van der Waals surface area contributed by atoms with Gasteiger partial charge in [0.15, 0.2) is 0 Å². The minimum Gasteiger partial charge on any atom is -0.287 e. The first-order valence-corrected chi connectivity index (χ1v) is 5.13. The molecule has 3 nitrogen and oxygen atoms in total. The van der Waals surface area contributed by atoms with E-state index in [1.807, 2.05) is 6.92 Å². The Balaban J connectivity index is 2.39. The number of rotatable bonds is 2. The third kappa shape index (κ3) is 2.09. The van der Waals surface area contributed by atoms with E-state index in [2.05, 4.69) is 9.97 Å². The molecule has 16 heavy (non-hydrogen) atoms. The SMILES string of the molecule is Cc1cc(C(=O)c2cnccn2)ccc1Cl. The van der Waals surface area contributed by atoms with Crippen molar-refractivity contribution in [3.8, 4) is 0 Å². The van der Waals surface area contributed by atoms with E-state index >= 15 is 0 Å². The molecule has 0 radical (unpaired) electrons. The minimum atomic E-state index is -0.145. The van der Waals surface area contributed by atoms with Crippen LogP contribution in [-0.2, 0) is 0 Å². The molecule has 2 aromatic rings. The molecule has 80 valence electrons. The van der Waals surface area contributed by atoms with Crippen molar-refractivity contribution in [3.63, 3.8) is 0 Å². The first kappa shape index (κ1) is 10.8. The van der Waals surface area contributed by atoms with E-state index in [-0.39, 0.29) is 5.78 Å². The van der Waals surface area contributed by atoms with E-state index < -0.39 is 0 Å². The number of halogens is 1. The molecule has 1 aromatic carbocycles. The maximum absolute atomic E-state index is 12.0. The summed E-state index contributed by atoms with van der Waals surface area (Å²) in [5.74, 6) is -0.145. The van der Waals surface area contributed by atoms with Crippen LogP contribution in [0.2, 0.25) is 5.02 Å². The Morgan fingerprint density at radius 3 is 2.75 bits per heavy atom. The van der Waals surface area contributed by atoms with E-state index in [1.165, 1.54) is 18.6 Å². The number of carbonyl (C=O) groups excluding carboxylic acids is 1. The Morgan fingerprint density at radius 1 is 1.31 bits per heavy atom. The van der Waals surface area contributed by atoms with Crippen LogP contribution in [0.1, 0.15) is 21.6 Å². The minimum absolute atomic E-state index is 0.145. The van der Waals surface area contributed by atoms with Crippen molar-refractivity contribution >= 4 is 17.4 Å². The van der Waals surface area contributed by atoms with Crippen LogP contribution in [0.3, 0.4) is 0 Å². The highest BCUT2D eigenvalue weighted by Gasteiger charge is 2.11. The van der Waals surface area contributed by atoms with Crippen molar-refractivity contribution < 1.29 is 4.79 Å². The summed E-state index contributed by atoms with van der Waals surface area (Å²) < 4.78 is 0. The van der Waals surface area contributed by atoms with Gasteiger partial charge in [-0.05, 0) is 30.7 Å². The Bertz CT molecular complexity index is 526. The summed E-state index contributed by atoms with van der Waals surface area (Å²) in [5, 5.41) is 0.649. The van der Waals surface area contributed by atoms with Crippen LogP contribution in [0.5, 0.6) is 0 Å². The maximum atomic E-state index is 12.0. The number of ketones is 1. The van der Waals surface area contributed by atoms with Crippen molar-refractivity contribution in [2.75, 3.05) is 0 Å². The van der Waals surface area contributed by atoms with Crippen molar-refractivity contribution in [2.24, 2.45) is 0 Å². The fourth-order valence-electron chi connectivity index (χ4n) is 1.35. The second-order valence-electron chi connectivity index (χ2n) is 3.38. The number of aromatic nitrogens is 2. The van der Waals surface area contributed by atoms with E-state index in [0.29, 0.717) is 16.3 Å². The average molecular weight is 233 g/mol. The molecule has 0 unspecified atom stereocenters. The van der Waals surface area contributed by atoms with E-state index in [4.69, 9.17) is 11.6 Å². The lowest BCUT2D eigenvalue weighted by molar-refractivity contribution is 0.103. The number of nitrogens with zero attached hydrogens (tertiary/aromatic N) is 2. The molecular weight excluding hydrogens is 224 g/mol. The van der Waals surface area contributed by atoms with Gasteiger partial charge in [-0.3, -0.25) is 9.78 Å². The summed E-state index contributed by atoms with van der Waals surface area (Å²) in [5.41, 5.74) is 1.78. The highest BCUT2D eigenvalue weighted by atomic mass is 35.5. The third-order valence-electron chi connectivity index (χ3n) is 2.22. The summed E-state index contributed by atoms with van der Waals surface area (Å²) >= 11 is 5.89.